The van der Waals surface area contributed by atoms with E-state index in [1.165, 1.54) is 16.7 Å². The molecule has 7 nitrogen and oxygen atoms in total. The number of carbonyl (C=O) groups is 2. The summed E-state index contributed by atoms with van der Waals surface area (Å²) in [6, 6.07) is 7.51. The number of carbonyl (C=O) groups excluding carboxylic acids is 2. The first-order chi connectivity index (χ1) is 11.1. The largest absolute Gasteiger partial charge is 0.323 e. The van der Waals surface area contributed by atoms with Crippen molar-refractivity contribution in [3.05, 3.63) is 30.6 Å². The number of amides is 2. The van der Waals surface area contributed by atoms with Crippen molar-refractivity contribution in [3.8, 4) is 0 Å². The van der Waals surface area contributed by atoms with Gasteiger partial charge in [0.25, 0.3) is 0 Å². The zero-order valence-electron chi connectivity index (χ0n) is 12.9. The number of fused-ring (bicyclic) bond motifs is 1. The van der Waals surface area contributed by atoms with Gasteiger partial charge in [-0.2, -0.15) is 0 Å². The Labute approximate surface area is 138 Å². The molecule has 0 fully saturated rings. The first-order valence-electron chi connectivity index (χ1n) is 7.28. The number of hydrogen-bond acceptors (Lipinski definition) is 5. The Morgan fingerprint density at radius 1 is 1.39 bits per heavy atom. The van der Waals surface area contributed by atoms with E-state index in [9.17, 15) is 9.59 Å². The van der Waals surface area contributed by atoms with Gasteiger partial charge in [0.15, 0.2) is 5.16 Å². The molecule has 8 heteroatoms. The fourth-order valence-corrected chi connectivity index (χ4v) is 3.27. The zero-order chi connectivity index (χ0) is 16.4. The second kappa shape index (κ2) is 6.41. The third kappa shape index (κ3) is 3.21. The quantitative estimate of drug-likeness (QED) is 0.866. The summed E-state index contributed by atoms with van der Waals surface area (Å²) >= 11 is 1.33. The third-order valence-electron chi connectivity index (χ3n) is 3.49. The summed E-state index contributed by atoms with van der Waals surface area (Å²) < 4.78 is 1.91. The average molecular weight is 331 g/mol. The van der Waals surface area contributed by atoms with Gasteiger partial charge < -0.3 is 14.8 Å². The predicted molar refractivity (Wildman–Crippen MR) is 88.6 cm³/mol. The highest BCUT2D eigenvalue weighted by atomic mass is 32.2. The van der Waals surface area contributed by atoms with Crippen molar-refractivity contribution >= 4 is 35.0 Å². The van der Waals surface area contributed by atoms with E-state index in [0.29, 0.717) is 10.8 Å². The lowest BCUT2D eigenvalue weighted by Crippen LogP contribution is -2.43. The van der Waals surface area contributed by atoms with Crippen molar-refractivity contribution in [2.75, 3.05) is 22.5 Å². The van der Waals surface area contributed by atoms with Crippen LogP contribution in [0.2, 0.25) is 0 Å². The van der Waals surface area contributed by atoms with Gasteiger partial charge in [0.05, 0.1) is 17.1 Å². The molecule has 2 aromatic rings. The molecule has 0 saturated heterocycles. The number of anilines is 2. The molecule has 2 amide bonds. The Bertz CT molecular complexity index is 743. The topological polar surface area (TPSA) is 80.1 Å². The van der Waals surface area contributed by atoms with Crippen LogP contribution in [0.3, 0.4) is 0 Å². The van der Waals surface area contributed by atoms with Crippen molar-refractivity contribution in [2.24, 2.45) is 0 Å². The minimum atomic E-state index is -0.188. The molecular formula is C15H17N5O2S. The van der Waals surface area contributed by atoms with Crippen LogP contribution in [0.4, 0.5) is 11.4 Å². The highest BCUT2D eigenvalue weighted by molar-refractivity contribution is 7.99. The molecule has 0 spiro atoms. The Kier molecular flexibility index (Phi) is 4.33. The molecule has 2 heterocycles. The maximum atomic E-state index is 12.6. The molecule has 0 atom stereocenters. The minimum Gasteiger partial charge on any atom is -0.323 e. The summed E-state index contributed by atoms with van der Waals surface area (Å²) in [4.78, 5) is 25.8. The second-order valence-corrected chi connectivity index (χ2v) is 6.39. The number of rotatable bonds is 4. The second-order valence-electron chi connectivity index (χ2n) is 5.45. The van der Waals surface area contributed by atoms with Crippen LogP contribution in [0.25, 0.3) is 0 Å². The summed E-state index contributed by atoms with van der Waals surface area (Å²) in [6.07, 6.45) is 1.65. The van der Waals surface area contributed by atoms with Crippen LogP contribution in [0, 0.1) is 0 Å². The third-order valence-corrected chi connectivity index (χ3v) is 4.43. The van der Waals surface area contributed by atoms with Gasteiger partial charge in [0.1, 0.15) is 12.9 Å². The summed E-state index contributed by atoms with van der Waals surface area (Å²) in [5.74, 6) is -0.115. The van der Waals surface area contributed by atoms with Crippen LogP contribution < -0.4 is 10.2 Å². The maximum absolute atomic E-state index is 12.6. The minimum absolute atomic E-state index is 0.0350. The molecule has 0 aliphatic carbocycles. The molecule has 0 saturated carbocycles. The summed E-state index contributed by atoms with van der Waals surface area (Å²) in [5.41, 5.74) is 1.38. The smallest absolute Gasteiger partial charge is 0.244 e. The number of benzene rings is 1. The predicted octanol–water partition coefficient (Wildman–Crippen LogP) is 1.94. The molecule has 0 radical (unpaired) electrons. The lowest BCUT2D eigenvalue weighted by molar-refractivity contribution is -0.120. The van der Waals surface area contributed by atoms with Gasteiger partial charge in [-0.05, 0) is 26.0 Å². The molecule has 0 unspecified atom stereocenters. The van der Waals surface area contributed by atoms with Crippen LogP contribution in [0.15, 0.2) is 35.7 Å². The van der Waals surface area contributed by atoms with Gasteiger partial charge in [-0.25, -0.2) is 0 Å². The van der Waals surface area contributed by atoms with Crippen LogP contribution in [0.1, 0.15) is 19.9 Å². The van der Waals surface area contributed by atoms with Crippen molar-refractivity contribution in [1.82, 2.24) is 14.8 Å². The Morgan fingerprint density at radius 3 is 2.96 bits per heavy atom. The van der Waals surface area contributed by atoms with Crippen LogP contribution in [-0.4, -0.2) is 38.9 Å². The van der Waals surface area contributed by atoms with E-state index in [4.69, 9.17) is 0 Å². The van der Waals surface area contributed by atoms with E-state index < -0.39 is 0 Å². The maximum Gasteiger partial charge on any atom is 0.244 e. The van der Waals surface area contributed by atoms with E-state index >= 15 is 0 Å². The SMILES string of the molecule is CC(C)n1cnnc1SCC(=O)N1CC(=O)Nc2ccccc21. The molecular weight excluding hydrogens is 314 g/mol. The molecule has 1 aliphatic heterocycles. The van der Waals surface area contributed by atoms with Crippen LogP contribution in [-0.2, 0) is 9.59 Å². The summed E-state index contributed by atoms with van der Waals surface area (Å²) in [5, 5.41) is 11.4. The van der Waals surface area contributed by atoms with Gasteiger partial charge >= 0.3 is 0 Å². The monoisotopic (exact) mass is 331 g/mol. The van der Waals surface area contributed by atoms with Crippen molar-refractivity contribution in [3.63, 3.8) is 0 Å². The fourth-order valence-electron chi connectivity index (χ4n) is 2.35. The molecule has 1 aromatic carbocycles. The number of para-hydroxylation sites is 2. The van der Waals surface area contributed by atoms with Crippen molar-refractivity contribution in [1.29, 1.82) is 0 Å². The van der Waals surface area contributed by atoms with E-state index in [1.54, 1.807) is 12.4 Å². The van der Waals surface area contributed by atoms with Gasteiger partial charge in [-0.15, -0.1) is 10.2 Å². The van der Waals surface area contributed by atoms with Crippen LogP contribution in [0.5, 0.6) is 0 Å². The zero-order valence-corrected chi connectivity index (χ0v) is 13.7. The molecule has 23 heavy (non-hydrogen) atoms. The van der Waals surface area contributed by atoms with E-state index in [1.807, 2.05) is 36.6 Å². The summed E-state index contributed by atoms with van der Waals surface area (Å²) in [7, 11) is 0. The van der Waals surface area contributed by atoms with Crippen molar-refractivity contribution in [2.45, 2.75) is 25.0 Å². The number of hydrogen-bond donors (Lipinski definition) is 1. The molecule has 120 valence electrons. The first kappa shape index (κ1) is 15.5. The van der Waals surface area contributed by atoms with E-state index in [0.717, 1.165) is 5.69 Å². The van der Waals surface area contributed by atoms with E-state index in [-0.39, 0.29) is 30.2 Å². The first-order valence-corrected chi connectivity index (χ1v) is 8.26. The number of aromatic nitrogens is 3. The molecule has 1 aliphatic rings. The highest BCUT2D eigenvalue weighted by Gasteiger charge is 2.26. The van der Waals surface area contributed by atoms with Gasteiger partial charge in [-0.1, -0.05) is 23.9 Å². The fraction of sp³-hybridized carbons (Fsp3) is 0.333. The highest BCUT2D eigenvalue weighted by Crippen LogP contribution is 2.30. The lowest BCUT2D eigenvalue weighted by Gasteiger charge is -2.29. The van der Waals surface area contributed by atoms with Gasteiger partial charge in [0.2, 0.25) is 11.8 Å². The number of nitrogens with zero attached hydrogens (tertiary/aromatic N) is 4. The normalized spacial score (nSPS) is 13.9. The lowest BCUT2D eigenvalue weighted by atomic mass is 10.2. The van der Waals surface area contributed by atoms with Gasteiger partial charge in [-0.3, -0.25) is 9.59 Å². The molecule has 3 rings (SSSR count). The molecule has 1 aromatic heterocycles. The van der Waals surface area contributed by atoms with Crippen molar-refractivity contribution < 1.29 is 9.59 Å². The molecule has 0 bridgehead atoms. The van der Waals surface area contributed by atoms with Gasteiger partial charge in [0, 0.05) is 6.04 Å². The average Bonchev–Trinajstić information content (AvgIpc) is 3.00. The summed E-state index contributed by atoms with van der Waals surface area (Å²) in [6.45, 7) is 4.09. The molecule has 1 N–H and O–H groups in total. The number of nitrogens with one attached hydrogen (secondary N) is 1. The Hall–Kier alpha value is -2.35. The number of thioether (sulfide) groups is 1. The Balaban J connectivity index is 1.74. The van der Waals surface area contributed by atoms with Crippen LogP contribution >= 0.6 is 11.8 Å². The standard InChI is InChI=1S/C15H17N5O2S/c1-10(2)20-9-16-18-15(20)23-8-14(22)19-7-13(21)17-11-5-3-4-6-12(11)19/h3-6,9-10H,7-8H2,1-2H3,(H,17,21). The van der Waals surface area contributed by atoms with E-state index in [2.05, 4.69) is 15.5 Å². The Morgan fingerprint density at radius 2 is 2.17 bits per heavy atom.